The first-order valence-corrected chi connectivity index (χ1v) is 5.96. The fourth-order valence-electron chi connectivity index (χ4n) is 2.18. The highest BCUT2D eigenvalue weighted by molar-refractivity contribution is 5.79. The van der Waals surface area contributed by atoms with Crippen molar-refractivity contribution in [1.29, 1.82) is 5.26 Å². The average molecular weight is 228 g/mol. The van der Waals surface area contributed by atoms with Gasteiger partial charge in [0.2, 0.25) is 5.91 Å². The van der Waals surface area contributed by atoms with Crippen molar-refractivity contribution in [2.24, 2.45) is 5.92 Å². The zero-order valence-electron chi connectivity index (χ0n) is 9.94. The first-order valence-electron chi connectivity index (χ1n) is 5.96. The van der Waals surface area contributed by atoms with Crippen LogP contribution >= 0.6 is 0 Å². The molecule has 88 valence electrons. The lowest BCUT2D eigenvalue weighted by atomic mass is 9.82. The molecule has 17 heavy (non-hydrogen) atoms. The number of hydrogen-bond acceptors (Lipinski definition) is 2. The monoisotopic (exact) mass is 228 g/mol. The molecular weight excluding hydrogens is 212 g/mol. The van der Waals surface area contributed by atoms with Crippen molar-refractivity contribution in [2.45, 2.75) is 32.2 Å². The van der Waals surface area contributed by atoms with E-state index >= 15 is 0 Å². The molecular formula is C14H16N2O. The molecule has 0 aromatic heterocycles. The van der Waals surface area contributed by atoms with Crippen LogP contribution in [-0.4, -0.2) is 11.9 Å². The van der Waals surface area contributed by atoms with Crippen LogP contribution in [0, 0.1) is 17.2 Å². The molecule has 1 N–H and O–H groups in total. The molecule has 0 unspecified atom stereocenters. The van der Waals surface area contributed by atoms with E-state index in [1.807, 2.05) is 12.1 Å². The van der Waals surface area contributed by atoms with Gasteiger partial charge in [-0.3, -0.25) is 4.79 Å². The van der Waals surface area contributed by atoms with Crippen LogP contribution in [0.2, 0.25) is 0 Å². The fraction of sp³-hybridized carbons (Fsp3) is 0.429. The highest BCUT2D eigenvalue weighted by Gasteiger charge is 2.26. The molecule has 0 saturated heterocycles. The average Bonchev–Trinajstić information content (AvgIpc) is 2.28. The summed E-state index contributed by atoms with van der Waals surface area (Å²) in [5.41, 5.74) is 1.58. The molecule has 0 heterocycles. The number of hydrogen-bond donors (Lipinski definition) is 1. The number of carbonyl (C=O) groups excluding carboxylic acids is 1. The van der Waals surface area contributed by atoms with E-state index in [4.69, 9.17) is 5.26 Å². The Morgan fingerprint density at radius 3 is 2.59 bits per heavy atom. The summed E-state index contributed by atoms with van der Waals surface area (Å²) in [5.74, 6) is 0.821. The zero-order chi connectivity index (χ0) is 12.3. The molecule has 1 fully saturated rings. The number of nitriles is 1. The van der Waals surface area contributed by atoms with Crippen LogP contribution in [0.25, 0.3) is 0 Å². The Bertz CT molecular complexity index is 438. The largest absolute Gasteiger partial charge is 0.353 e. The summed E-state index contributed by atoms with van der Waals surface area (Å²) < 4.78 is 0. The molecule has 0 radical (unpaired) electrons. The van der Waals surface area contributed by atoms with Crippen molar-refractivity contribution >= 4 is 5.91 Å². The summed E-state index contributed by atoms with van der Waals surface area (Å²) in [4.78, 5) is 11.7. The predicted octanol–water partition coefficient (Wildman–Crippen LogP) is 2.02. The smallest absolute Gasteiger partial charge is 0.224 e. The van der Waals surface area contributed by atoms with Crippen molar-refractivity contribution in [1.82, 2.24) is 5.32 Å². The van der Waals surface area contributed by atoms with Gasteiger partial charge in [0.25, 0.3) is 0 Å². The molecule has 0 spiro atoms. The summed E-state index contributed by atoms with van der Waals surface area (Å²) in [6.07, 6.45) is 2.59. The predicted molar refractivity (Wildman–Crippen MR) is 65.2 cm³/mol. The van der Waals surface area contributed by atoms with Crippen LogP contribution in [0.4, 0.5) is 0 Å². The molecule has 0 bridgehead atoms. The lowest BCUT2D eigenvalue weighted by molar-refractivity contribution is -0.121. The Kier molecular flexibility index (Phi) is 3.43. The minimum atomic E-state index is 0.0756. The van der Waals surface area contributed by atoms with Crippen molar-refractivity contribution < 1.29 is 4.79 Å². The van der Waals surface area contributed by atoms with Crippen LogP contribution in [0.5, 0.6) is 0 Å². The number of rotatable bonds is 3. The maximum Gasteiger partial charge on any atom is 0.224 e. The van der Waals surface area contributed by atoms with E-state index in [1.54, 1.807) is 12.1 Å². The SMILES string of the molecule is CC1CC(NC(=O)Cc2ccc(C#N)cc2)C1. The molecule has 3 nitrogen and oxygen atoms in total. The third-order valence-corrected chi connectivity index (χ3v) is 3.19. The van der Waals surface area contributed by atoms with Gasteiger partial charge in [-0.2, -0.15) is 5.26 Å². The Morgan fingerprint density at radius 1 is 1.41 bits per heavy atom. The molecule has 2 rings (SSSR count). The number of benzene rings is 1. The van der Waals surface area contributed by atoms with Gasteiger partial charge in [-0.05, 0) is 36.5 Å². The van der Waals surface area contributed by atoms with Crippen LogP contribution in [0.15, 0.2) is 24.3 Å². The molecule has 1 saturated carbocycles. The Hall–Kier alpha value is -1.82. The Balaban J connectivity index is 1.83. The molecule has 0 aliphatic heterocycles. The normalized spacial score (nSPS) is 22.4. The molecule has 1 amide bonds. The van der Waals surface area contributed by atoms with E-state index in [-0.39, 0.29) is 5.91 Å². The summed E-state index contributed by atoms with van der Waals surface area (Å²) in [7, 11) is 0. The molecule has 1 aliphatic carbocycles. The maximum absolute atomic E-state index is 11.7. The number of amides is 1. The second-order valence-corrected chi connectivity index (χ2v) is 4.83. The van der Waals surface area contributed by atoms with E-state index in [0.717, 1.165) is 24.3 Å². The molecule has 1 aliphatic rings. The zero-order valence-corrected chi connectivity index (χ0v) is 9.94. The quantitative estimate of drug-likeness (QED) is 0.860. The van der Waals surface area contributed by atoms with Gasteiger partial charge in [0.15, 0.2) is 0 Å². The maximum atomic E-state index is 11.7. The lowest BCUT2D eigenvalue weighted by Crippen LogP contribution is -2.43. The van der Waals surface area contributed by atoms with Gasteiger partial charge in [0, 0.05) is 6.04 Å². The number of nitrogens with zero attached hydrogens (tertiary/aromatic N) is 1. The van der Waals surface area contributed by atoms with Gasteiger partial charge in [-0.1, -0.05) is 19.1 Å². The van der Waals surface area contributed by atoms with Crippen LogP contribution < -0.4 is 5.32 Å². The Labute approximate surface area is 101 Å². The summed E-state index contributed by atoms with van der Waals surface area (Å²) >= 11 is 0. The highest BCUT2D eigenvalue weighted by Crippen LogP contribution is 2.26. The van der Waals surface area contributed by atoms with E-state index in [9.17, 15) is 4.79 Å². The topological polar surface area (TPSA) is 52.9 Å². The van der Waals surface area contributed by atoms with Crippen LogP contribution in [0.1, 0.15) is 30.9 Å². The van der Waals surface area contributed by atoms with E-state index in [2.05, 4.69) is 18.3 Å². The fourth-order valence-corrected chi connectivity index (χ4v) is 2.18. The lowest BCUT2D eigenvalue weighted by Gasteiger charge is -2.33. The standard InChI is InChI=1S/C14H16N2O/c1-10-6-13(7-10)16-14(17)8-11-2-4-12(9-15)5-3-11/h2-5,10,13H,6-8H2,1H3,(H,16,17). The van der Waals surface area contributed by atoms with Gasteiger partial charge in [-0.25, -0.2) is 0 Å². The van der Waals surface area contributed by atoms with Gasteiger partial charge < -0.3 is 5.32 Å². The van der Waals surface area contributed by atoms with Crippen molar-refractivity contribution in [3.8, 4) is 6.07 Å². The Morgan fingerprint density at radius 2 is 2.06 bits per heavy atom. The number of nitrogens with one attached hydrogen (secondary N) is 1. The third-order valence-electron chi connectivity index (χ3n) is 3.19. The molecule has 3 heteroatoms. The first-order chi connectivity index (χ1) is 8.17. The van der Waals surface area contributed by atoms with Crippen LogP contribution in [-0.2, 0) is 11.2 Å². The van der Waals surface area contributed by atoms with E-state index in [1.165, 1.54) is 0 Å². The minimum absolute atomic E-state index is 0.0756. The second-order valence-electron chi connectivity index (χ2n) is 4.83. The molecule has 0 atom stereocenters. The molecule has 1 aromatic rings. The van der Waals surface area contributed by atoms with Crippen molar-refractivity contribution in [3.05, 3.63) is 35.4 Å². The van der Waals surface area contributed by atoms with Crippen molar-refractivity contribution in [2.75, 3.05) is 0 Å². The second kappa shape index (κ2) is 5.01. The highest BCUT2D eigenvalue weighted by atomic mass is 16.1. The van der Waals surface area contributed by atoms with Crippen molar-refractivity contribution in [3.63, 3.8) is 0 Å². The van der Waals surface area contributed by atoms with Gasteiger partial charge in [0.1, 0.15) is 0 Å². The van der Waals surface area contributed by atoms with E-state index in [0.29, 0.717) is 18.0 Å². The first kappa shape index (κ1) is 11.7. The third kappa shape index (κ3) is 3.07. The van der Waals surface area contributed by atoms with Gasteiger partial charge >= 0.3 is 0 Å². The summed E-state index contributed by atoms with van der Waals surface area (Å²) in [5, 5.41) is 11.7. The van der Waals surface area contributed by atoms with Gasteiger partial charge in [-0.15, -0.1) is 0 Å². The number of carbonyl (C=O) groups is 1. The van der Waals surface area contributed by atoms with Crippen LogP contribution in [0.3, 0.4) is 0 Å². The summed E-state index contributed by atoms with van der Waals surface area (Å²) in [6.45, 7) is 2.20. The minimum Gasteiger partial charge on any atom is -0.353 e. The van der Waals surface area contributed by atoms with E-state index < -0.39 is 0 Å². The van der Waals surface area contributed by atoms with Gasteiger partial charge in [0.05, 0.1) is 18.1 Å². The molecule has 1 aromatic carbocycles. The summed E-state index contributed by atoms with van der Waals surface area (Å²) in [6, 6.07) is 9.59.